The molecule has 4 aliphatic rings. The minimum Gasteiger partial charge on any atom is -0.477 e. The summed E-state index contributed by atoms with van der Waals surface area (Å²) in [5, 5.41) is 38.9. The van der Waals surface area contributed by atoms with Crippen LogP contribution in [0.2, 0.25) is 0 Å². The van der Waals surface area contributed by atoms with Crippen molar-refractivity contribution in [2.45, 2.75) is 76.4 Å². The highest BCUT2D eigenvalue weighted by molar-refractivity contribution is 8.03. The van der Waals surface area contributed by atoms with Gasteiger partial charge in [-0.15, -0.1) is 11.8 Å². The van der Waals surface area contributed by atoms with Crippen LogP contribution in [0.3, 0.4) is 0 Å². The molecular formula is C24H36N6O5S. The molecule has 0 bridgehead atoms. The standard InChI is InChI=1S/C24H36N6O5S/c1-11-19-18(12(2)31)23(33)30(19)20(24(34)35)21(11)36-16-9-17(29(10-16)14(4)26)22(32)28-7-5-15(6-8-28)27-13(3)25/h11-12,15-19,26,31H,5-10H2,1-4H3,(H2,25,27)(H,34,35)/t11-,12?,16+,17+,18-,19-/m1/s1. The number of aliphatic hydroxyl groups excluding tert-OH is 1. The fraction of sp³-hybridized carbons (Fsp3) is 0.708. The third-order valence-corrected chi connectivity index (χ3v) is 9.30. The summed E-state index contributed by atoms with van der Waals surface area (Å²) in [7, 11) is 0. The molecule has 0 spiro atoms. The normalized spacial score (nSPS) is 31.3. The maximum absolute atomic E-state index is 13.5. The minimum absolute atomic E-state index is 0.0108. The number of nitrogens with zero attached hydrogens (tertiary/aromatic N) is 3. The summed E-state index contributed by atoms with van der Waals surface area (Å²) in [6.45, 7) is 8.45. The molecular weight excluding hydrogens is 484 g/mol. The number of piperidine rings is 1. The average Bonchev–Trinajstić information content (AvgIpc) is 3.32. The van der Waals surface area contributed by atoms with Crippen molar-refractivity contribution in [3.05, 3.63) is 10.6 Å². The second-order valence-electron chi connectivity index (χ2n) is 10.4. The van der Waals surface area contributed by atoms with Gasteiger partial charge in [-0.05, 0) is 40.0 Å². The fourth-order valence-electron chi connectivity index (χ4n) is 6.11. The van der Waals surface area contributed by atoms with Crippen LogP contribution in [0.1, 0.15) is 47.0 Å². The number of rotatable bonds is 6. The molecule has 11 nitrogen and oxygen atoms in total. The second kappa shape index (κ2) is 10.0. The number of likely N-dealkylation sites (tertiary alicyclic amines) is 2. The lowest BCUT2D eigenvalue weighted by Gasteiger charge is -2.46. The van der Waals surface area contributed by atoms with E-state index < -0.39 is 24.0 Å². The van der Waals surface area contributed by atoms with Crippen molar-refractivity contribution in [2.75, 3.05) is 19.6 Å². The van der Waals surface area contributed by atoms with E-state index in [4.69, 9.17) is 10.8 Å². The van der Waals surface area contributed by atoms with E-state index in [1.165, 1.54) is 16.7 Å². The molecule has 5 N–H and O–H groups in total. The van der Waals surface area contributed by atoms with Gasteiger partial charge in [0.1, 0.15) is 11.7 Å². The maximum atomic E-state index is 13.5. The monoisotopic (exact) mass is 520 g/mol. The van der Waals surface area contributed by atoms with E-state index >= 15 is 0 Å². The van der Waals surface area contributed by atoms with Crippen molar-refractivity contribution < 1.29 is 24.6 Å². The quantitative estimate of drug-likeness (QED) is 0.196. The number of aliphatic hydroxyl groups is 1. The van der Waals surface area contributed by atoms with Crippen LogP contribution in [0.4, 0.5) is 0 Å². The first-order valence-corrected chi connectivity index (χ1v) is 13.4. The molecule has 0 radical (unpaired) electrons. The zero-order valence-corrected chi connectivity index (χ0v) is 22.0. The van der Waals surface area contributed by atoms with Gasteiger partial charge in [0.05, 0.1) is 29.7 Å². The van der Waals surface area contributed by atoms with Crippen LogP contribution < -0.4 is 5.32 Å². The van der Waals surface area contributed by atoms with Gasteiger partial charge in [0.25, 0.3) is 0 Å². The van der Waals surface area contributed by atoms with Crippen molar-refractivity contribution >= 4 is 41.2 Å². The molecule has 0 saturated carbocycles. The Kier molecular flexibility index (Phi) is 7.38. The Morgan fingerprint density at radius 1 is 1.19 bits per heavy atom. The number of amidine groups is 2. The van der Waals surface area contributed by atoms with E-state index in [2.05, 4.69) is 5.32 Å². The van der Waals surface area contributed by atoms with Crippen LogP contribution in [0.25, 0.3) is 0 Å². The highest BCUT2D eigenvalue weighted by Crippen LogP contribution is 2.52. The number of carbonyl (C=O) groups is 3. The third-order valence-electron chi connectivity index (χ3n) is 7.81. The molecule has 0 aromatic heterocycles. The third kappa shape index (κ3) is 4.60. The van der Waals surface area contributed by atoms with E-state index in [0.717, 1.165) is 12.8 Å². The molecule has 0 aromatic carbocycles. The Morgan fingerprint density at radius 3 is 2.36 bits per heavy atom. The Labute approximate surface area is 215 Å². The smallest absolute Gasteiger partial charge is 0.353 e. The summed E-state index contributed by atoms with van der Waals surface area (Å²) in [5.41, 5.74) is -0.0108. The number of amides is 2. The van der Waals surface area contributed by atoms with Gasteiger partial charge in [-0.1, -0.05) is 6.92 Å². The molecule has 2 amide bonds. The van der Waals surface area contributed by atoms with Gasteiger partial charge >= 0.3 is 5.97 Å². The lowest BCUT2D eigenvalue weighted by Crippen LogP contribution is -2.63. The highest BCUT2D eigenvalue weighted by Gasteiger charge is 2.60. The topological polar surface area (TPSA) is 161 Å². The maximum Gasteiger partial charge on any atom is 0.353 e. The van der Waals surface area contributed by atoms with Crippen LogP contribution in [0, 0.1) is 22.7 Å². The predicted molar refractivity (Wildman–Crippen MR) is 136 cm³/mol. The Hall–Kier alpha value is -2.60. The molecule has 36 heavy (non-hydrogen) atoms. The van der Waals surface area contributed by atoms with Crippen LogP contribution in [0.15, 0.2) is 10.6 Å². The predicted octanol–water partition coefficient (Wildman–Crippen LogP) is 0.891. The fourth-order valence-corrected chi connectivity index (χ4v) is 7.63. The van der Waals surface area contributed by atoms with Gasteiger partial charge in [0.15, 0.2) is 0 Å². The van der Waals surface area contributed by atoms with Gasteiger partial charge in [-0.2, -0.15) is 0 Å². The number of carboxylic acids is 1. The van der Waals surface area contributed by atoms with Gasteiger partial charge < -0.3 is 30.2 Å². The minimum atomic E-state index is -1.16. The number of thioether (sulfide) groups is 1. The number of nitrogens with one attached hydrogen (secondary N) is 3. The molecule has 1 unspecified atom stereocenters. The first kappa shape index (κ1) is 26.5. The van der Waals surface area contributed by atoms with Crippen LogP contribution in [-0.2, 0) is 14.4 Å². The highest BCUT2D eigenvalue weighted by atomic mass is 32.2. The first-order valence-electron chi connectivity index (χ1n) is 12.5. The van der Waals surface area contributed by atoms with E-state index in [1.807, 2.05) is 11.8 Å². The zero-order chi connectivity index (χ0) is 26.5. The summed E-state index contributed by atoms with van der Waals surface area (Å²) in [5.74, 6) is -1.66. The number of fused-ring (bicyclic) bond motifs is 1. The number of β-lactam (4-membered cyclic amide) rings is 1. The van der Waals surface area contributed by atoms with Crippen molar-refractivity contribution in [1.82, 2.24) is 20.0 Å². The van der Waals surface area contributed by atoms with Crippen LogP contribution in [-0.4, -0.2) is 103 Å². The summed E-state index contributed by atoms with van der Waals surface area (Å²) < 4.78 is 0. The molecule has 4 aliphatic heterocycles. The average molecular weight is 521 g/mol. The van der Waals surface area contributed by atoms with Gasteiger partial charge in [-0.25, -0.2) is 4.79 Å². The van der Waals surface area contributed by atoms with Gasteiger partial charge in [0.2, 0.25) is 11.8 Å². The number of aliphatic carboxylic acids is 1. The summed E-state index contributed by atoms with van der Waals surface area (Å²) in [6, 6.07) is -0.670. The molecule has 4 heterocycles. The molecule has 0 aromatic rings. The molecule has 3 saturated heterocycles. The lowest BCUT2D eigenvalue weighted by molar-refractivity contribution is -0.163. The van der Waals surface area contributed by atoms with Gasteiger partial charge in [-0.3, -0.25) is 20.4 Å². The molecule has 4 rings (SSSR count). The Bertz CT molecular complexity index is 1010. The zero-order valence-electron chi connectivity index (χ0n) is 21.2. The van der Waals surface area contributed by atoms with Crippen LogP contribution in [0.5, 0.6) is 0 Å². The van der Waals surface area contributed by atoms with Crippen molar-refractivity contribution in [3.8, 4) is 0 Å². The molecule has 12 heteroatoms. The summed E-state index contributed by atoms with van der Waals surface area (Å²) >= 11 is 1.40. The molecule has 198 valence electrons. The largest absolute Gasteiger partial charge is 0.477 e. The Morgan fingerprint density at radius 2 is 1.83 bits per heavy atom. The summed E-state index contributed by atoms with van der Waals surface area (Å²) in [6.07, 6.45) is 1.16. The number of carboxylic acid groups (broad SMARTS) is 1. The van der Waals surface area contributed by atoms with Crippen molar-refractivity contribution in [1.29, 1.82) is 10.8 Å². The van der Waals surface area contributed by atoms with E-state index in [1.54, 1.807) is 25.7 Å². The number of carbonyl (C=O) groups excluding carboxylic acids is 2. The second-order valence-corrected chi connectivity index (χ2v) is 11.7. The molecule has 0 aliphatic carbocycles. The summed E-state index contributed by atoms with van der Waals surface area (Å²) in [4.78, 5) is 43.8. The SMILES string of the molecule is CC(=N)NC1CCN(C(=O)[C@@H]2C[C@H](SC3=C(C(=O)O)N4C(=O)[C@H](C(C)O)[C@H]4[C@H]3C)CN2C(C)=N)CC1. The molecule has 3 fully saturated rings. The van der Waals surface area contributed by atoms with E-state index in [0.29, 0.717) is 42.6 Å². The Balaban J connectivity index is 1.47. The number of hydrogen-bond donors (Lipinski definition) is 5. The first-order chi connectivity index (χ1) is 16.9. The molecule has 6 atom stereocenters. The van der Waals surface area contributed by atoms with E-state index in [9.17, 15) is 24.6 Å². The van der Waals surface area contributed by atoms with Crippen molar-refractivity contribution in [3.63, 3.8) is 0 Å². The number of hydrogen-bond acceptors (Lipinski definition) is 7. The van der Waals surface area contributed by atoms with Crippen molar-refractivity contribution in [2.24, 2.45) is 11.8 Å². The van der Waals surface area contributed by atoms with Gasteiger partial charge in [0, 0.05) is 41.7 Å². The lowest BCUT2D eigenvalue weighted by atomic mass is 9.79. The van der Waals surface area contributed by atoms with E-state index in [-0.39, 0.29) is 40.8 Å². The van der Waals surface area contributed by atoms with Crippen LogP contribution >= 0.6 is 11.8 Å².